The van der Waals surface area contributed by atoms with Gasteiger partial charge in [0, 0.05) is 19.0 Å². The minimum Gasteiger partial charge on any atom is -0.377 e. The first kappa shape index (κ1) is 8.31. The van der Waals surface area contributed by atoms with E-state index in [9.17, 15) is 0 Å². The highest BCUT2D eigenvalue weighted by Crippen LogP contribution is 2.03. The van der Waals surface area contributed by atoms with Gasteiger partial charge in [0.05, 0.1) is 6.10 Å². The van der Waals surface area contributed by atoms with Crippen LogP contribution in [0.15, 0.2) is 0 Å². The molecule has 0 aromatic heterocycles. The Hall–Kier alpha value is 0.210. The predicted octanol–water partition coefficient (Wildman–Crippen LogP) is 0.994. The van der Waals surface area contributed by atoms with Gasteiger partial charge in [-0.15, -0.1) is 11.6 Å². The maximum atomic E-state index is 5.50. The van der Waals surface area contributed by atoms with E-state index in [0.717, 1.165) is 32.5 Å². The van der Waals surface area contributed by atoms with Crippen molar-refractivity contribution in [1.29, 1.82) is 0 Å². The zero-order valence-corrected chi connectivity index (χ0v) is 6.86. The Balaban J connectivity index is 1.91. The molecule has 1 N–H and O–H groups in total. The first-order valence-corrected chi connectivity index (χ1v) is 4.35. The van der Waals surface area contributed by atoms with Gasteiger partial charge in [-0.25, -0.2) is 0 Å². The molecular formula is C7H14ClNO. The first-order chi connectivity index (χ1) is 4.93. The number of halogens is 1. The molecule has 0 aromatic carbocycles. The number of hydrogen-bond acceptors (Lipinski definition) is 2. The Kier molecular flexibility index (Phi) is 4.10. The highest BCUT2D eigenvalue weighted by Gasteiger charge is 2.13. The lowest BCUT2D eigenvalue weighted by Crippen LogP contribution is -2.17. The summed E-state index contributed by atoms with van der Waals surface area (Å²) < 4.78 is 5.50. The van der Waals surface area contributed by atoms with Crippen molar-refractivity contribution in [1.82, 2.24) is 5.32 Å². The molecule has 0 radical (unpaired) electrons. The van der Waals surface area contributed by atoms with Gasteiger partial charge in [0.25, 0.3) is 0 Å². The summed E-state index contributed by atoms with van der Waals surface area (Å²) in [5, 5.41) is 3.24. The standard InChI is InChI=1S/C7H14ClNO/c8-3-1-5-10-7-2-4-9-6-7/h7,9H,1-6H2. The Morgan fingerprint density at radius 1 is 1.60 bits per heavy atom. The van der Waals surface area contributed by atoms with E-state index in [1.165, 1.54) is 0 Å². The Labute approximate surface area is 66.9 Å². The molecule has 1 aliphatic heterocycles. The fraction of sp³-hybridized carbons (Fsp3) is 1.00. The van der Waals surface area contributed by atoms with Crippen molar-refractivity contribution in [3.63, 3.8) is 0 Å². The molecule has 1 aliphatic rings. The molecule has 1 saturated heterocycles. The molecule has 60 valence electrons. The molecule has 1 fully saturated rings. The molecule has 3 heteroatoms. The maximum absolute atomic E-state index is 5.50. The molecule has 0 spiro atoms. The van der Waals surface area contributed by atoms with Gasteiger partial charge in [-0.05, 0) is 19.4 Å². The third-order valence-electron chi connectivity index (χ3n) is 1.65. The monoisotopic (exact) mass is 163 g/mol. The molecule has 1 rings (SSSR count). The SMILES string of the molecule is ClCCCOC1CCNC1. The third kappa shape index (κ3) is 2.86. The molecule has 0 amide bonds. The number of ether oxygens (including phenoxy) is 1. The quantitative estimate of drug-likeness (QED) is 0.493. The lowest BCUT2D eigenvalue weighted by atomic mass is 10.3. The van der Waals surface area contributed by atoms with Gasteiger partial charge < -0.3 is 10.1 Å². The van der Waals surface area contributed by atoms with Gasteiger partial charge in [-0.2, -0.15) is 0 Å². The lowest BCUT2D eigenvalue weighted by Gasteiger charge is -2.08. The van der Waals surface area contributed by atoms with Crippen molar-refractivity contribution in [2.45, 2.75) is 18.9 Å². The molecule has 1 unspecified atom stereocenters. The van der Waals surface area contributed by atoms with E-state index in [-0.39, 0.29) is 0 Å². The molecule has 10 heavy (non-hydrogen) atoms. The average Bonchev–Trinajstić information content (AvgIpc) is 2.41. The van der Waals surface area contributed by atoms with Gasteiger partial charge in [-0.3, -0.25) is 0 Å². The summed E-state index contributed by atoms with van der Waals surface area (Å²) >= 11 is 5.49. The molecular weight excluding hydrogens is 150 g/mol. The summed E-state index contributed by atoms with van der Waals surface area (Å²) in [6, 6.07) is 0. The van der Waals surface area contributed by atoms with Crippen LogP contribution in [0.25, 0.3) is 0 Å². The first-order valence-electron chi connectivity index (χ1n) is 3.82. The normalized spacial score (nSPS) is 25.5. The molecule has 1 atom stereocenters. The van der Waals surface area contributed by atoms with Gasteiger partial charge in [-0.1, -0.05) is 0 Å². The van der Waals surface area contributed by atoms with Crippen molar-refractivity contribution in [2.24, 2.45) is 0 Å². The van der Waals surface area contributed by atoms with Crippen LogP contribution in [0.1, 0.15) is 12.8 Å². The van der Waals surface area contributed by atoms with Crippen LogP contribution >= 0.6 is 11.6 Å². The van der Waals surface area contributed by atoms with Crippen LogP contribution in [0.2, 0.25) is 0 Å². The van der Waals surface area contributed by atoms with Crippen LogP contribution in [0.3, 0.4) is 0 Å². The van der Waals surface area contributed by atoms with Crippen molar-refractivity contribution < 1.29 is 4.74 Å². The molecule has 0 saturated carbocycles. The second-order valence-corrected chi connectivity index (χ2v) is 2.91. The summed E-state index contributed by atoms with van der Waals surface area (Å²) in [5.74, 6) is 0.708. The topological polar surface area (TPSA) is 21.3 Å². The van der Waals surface area contributed by atoms with Crippen LogP contribution in [0, 0.1) is 0 Å². The Morgan fingerprint density at radius 3 is 3.10 bits per heavy atom. The highest BCUT2D eigenvalue weighted by atomic mass is 35.5. The van der Waals surface area contributed by atoms with Crippen LogP contribution < -0.4 is 5.32 Å². The molecule has 0 aromatic rings. The molecule has 2 nitrogen and oxygen atoms in total. The summed E-state index contributed by atoms with van der Waals surface area (Å²) in [7, 11) is 0. The fourth-order valence-electron chi connectivity index (χ4n) is 1.07. The molecule has 1 heterocycles. The van der Waals surface area contributed by atoms with E-state index in [1.54, 1.807) is 0 Å². The van der Waals surface area contributed by atoms with E-state index in [0.29, 0.717) is 12.0 Å². The highest BCUT2D eigenvalue weighted by molar-refractivity contribution is 6.17. The fourth-order valence-corrected chi connectivity index (χ4v) is 1.18. The second-order valence-electron chi connectivity index (χ2n) is 2.53. The third-order valence-corrected chi connectivity index (χ3v) is 1.91. The Morgan fingerprint density at radius 2 is 2.50 bits per heavy atom. The van der Waals surface area contributed by atoms with Crippen molar-refractivity contribution in [3.05, 3.63) is 0 Å². The average molecular weight is 164 g/mol. The molecule has 0 bridgehead atoms. The number of alkyl halides is 1. The minimum absolute atomic E-state index is 0.447. The van der Waals surface area contributed by atoms with Crippen molar-refractivity contribution in [2.75, 3.05) is 25.6 Å². The summed E-state index contributed by atoms with van der Waals surface area (Å²) in [6.45, 7) is 2.93. The van der Waals surface area contributed by atoms with Gasteiger partial charge in [0.1, 0.15) is 0 Å². The van der Waals surface area contributed by atoms with E-state index in [4.69, 9.17) is 16.3 Å². The summed E-state index contributed by atoms with van der Waals surface area (Å²) in [5.41, 5.74) is 0. The van der Waals surface area contributed by atoms with Gasteiger partial charge >= 0.3 is 0 Å². The summed E-state index contributed by atoms with van der Waals surface area (Å²) in [4.78, 5) is 0. The van der Waals surface area contributed by atoms with E-state index >= 15 is 0 Å². The van der Waals surface area contributed by atoms with E-state index in [2.05, 4.69) is 5.32 Å². The van der Waals surface area contributed by atoms with Crippen molar-refractivity contribution >= 4 is 11.6 Å². The van der Waals surface area contributed by atoms with E-state index < -0.39 is 0 Å². The minimum atomic E-state index is 0.447. The van der Waals surface area contributed by atoms with Crippen LogP contribution in [0.4, 0.5) is 0 Å². The van der Waals surface area contributed by atoms with Crippen LogP contribution in [-0.2, 0) is 4.74 Å². The smallest absolute Gasteiger partial charge is 0.0711 e. The predicted molar refractivity (Wildman–Crippen MR) is 42.6 cm³/mol. The zero-order valence-electron chi connectivity index (χ0n) is 6.11. The number of hydrogen-bond donors (Lipinski definition) is 1. The zero-order chi connectivity index (χ0) is 7.23. The van der Waals surface area contributed by atoms with Gasteiger partial charge in [0.2, 0.25) is 0 Å². The number of nitrogens with one attached hydrogen (secondary N) is 1. The van der Waals surface area contributed by atoms with Crippen LogP contribution in [0.5, 0.6) is 0 Å². The Bertz CT molecular complexity index is 83.7. The second kappa shape index (κ2) is 4.94. The summed E-state index contributed by atoms with van der Waals surface area (Å²) in [6.07, 6.45) is 2.57. The van der Waals surface area contributed by atoms with Crippen molar-refractivity contribution in [3.8, 4) is 0 Å². The van der Waals surface area contributed by atoms with Crippen LogP contribution in [-0.4, -0.2) is 31.7 Å². The largest absolute Gasteiger partial charge is 0.377 e. The lowest BCUT2D eigenvalue weighted by molar-refractivity contribution is 0.0680. The van der Waals surface area contributed by atoms with E-state index in [1.807, 2.05) is 0 Å². The number of rotatable bonds is 4. The molecule has 0 aliphatic carbocycles. The van der Waals surface area contributed by atoms with Gasteiger partial charge in [0.15, 0.2) is 0 Å². The maximum Gasteiger partial charge on any atom is 0.0711 e.